The Balaban J connectivity index is 1.87. The molecule has 33 heavy (non-hydrogen) atoms. The van der Waals surface area contributed by atoms with Crippen molar-refractivity contribution in [3.05, 3.63) is 92.6 Å². The summed E-state index contributed by atoms with van der Waals surface area (Å²) in [6.07, 6.45) is 0. The average Bonchev–Trinajstić information content (AvgIpc) is 3.19. The highest BCUT2D eigenvalue weighted by Crippen LogP contribution is 2.23. The number of hydrogen-bond donors (Lipinski definition) is 0. The van der Waals surface area contributed by atoms with E-state index in [0.29, 0.717) is 23.8 Å². The van der Waals surface area contributed by atoms with Gasteiger partial charge in [0.25, 0.3) is 5.56 Å². The minimum atomic E-state index is -0.442. The van der Waals surface area contributed by atoms with E-state index in [-0.39, 0.29) is 23.9 Å². The molecule has 0 atom stereocenters. The number of benzene rings is 2. The third kappa shape index (κ3) is 4.78. The molecular weight excluding hydrogens is 440 g/mol. The lowest BCUT2D eigenvalue weighted by molar-refractivity contribution is -0.139. The van der Waals surface area contributed by atoms with Gasteiger partial charge in [0.1, 0.15) is 0 Å². The topological polar surface area (TPSA) is 88.1 Å². The second-order valence-electron chi connectivity index (χ2n) is 7.45. The standard InChI is InChI=1S/C24H24N4O4S/c1-3-32-19(29)16-33-23-25-21-20(27(23)14-17-10-6-4-7-11-17)22(30)28(24(31)26(21)2)15-18-12-8-5-9-13-18/h4-13H,3,14-16H2,1-2H3. The molecule has 0 aliphatic heterocycles. The van der Waals surface area contributed by atoms with Gasteiger partial charge in [-0.15, -0.1) is 0 Å². The van der Waals surface area contributed by atoms with Crippen molar-refractivity contribution < 1.29 is 9.53 Å². The van der Waals surface area contributed by atoms with E-state index in [9.17, 15) is 14.4 Å². The molecule has 0 aliphatic carbocycles. The second-order valence-corrected chi connectivity index (χ2v) is 8.39. The Labute approximate surface area is 194 Å². The van der Waals surface area contributed by atoms with Crippen LogP contribution in [0.5, 0.6) is 0 Å². The molecule has 8 nitrogen and oxygen atoms in total. The quantitative estimate of drug-likeness (QED) is 0.294. The molecule has 2 aromatic heterocycles. The summed E-state index contributed by atoms with van der Waals surface area (Å²) in [6, 6.07) is 19.0. The lowest BCUT2D eigenvalue weighted by Gasteiger charge is -2.11. The van der Waals surface area contributed by atoms with Crippen LogP contribution >= 0.6 is 11.8 Å². The van der Waals surface area contributed by atoms with Gasteiger partial charge in [-0.1, -0.05) is 72.4 Å². The number of aryl methyl sites for hydroxylation is 1. The highest BCUT2D eigenvalue weighted by Gasteiger charge is 2.21. The van der Waals surface area contributed by atoms with Gasteiger partial charge < -0.3 is 9.30 Å². The molecule has 0 radical (unpaired) electrons. The van der Waals surface area contributed by atoms with Gasteiger partial charge in [0, 0.05) is 7.05 Å². The first kappa shape index (κ1) is 22.6. The van der Waals surface area contributed by atoms with E-state index in [4.69, 9.17) is 4.74 Å². The number of fused-ring (bicyclic) bond motifs is 1. The van der Waals surface area contributed by atoms with Gasteiger partial charge in [0.15, 0.2) is 16.3 Å². The summed E-state index contributed by atoms with van der Waals surface area (Å²) in [6.45, 7) is 2.57. The van der Waals surface area contributed by atoms with Crippen molar-refractivity contribution in [2.45, 2.75) is 25.2 Å². The fourth-order valence-corrected chi connectivity index (χ4v) is 4.40. The normalized spacial score (nSPS) is 11.1. The van der Waals surface area contributed by atoms with Crippen LogP contribution in [0.1, 0.15) is 18.1 Å². The van der Waals surface area contributed by atoms with Gasteiger partial charge >= 0.3 is 11.7 Å². The van der Waals surface area contributed by atoms with Crippen LogP contribution in [0, 0.1) is 0 Å². The average molecular weight is 465 g/mol. The minimum absolute atomic E-state index is 0.0537. The van der Waals surface area contributed by atoms with Gasteiger partial charge in [-0.3, -0.25) is 18.7 Å². The Hall–Kier alpha value is -3.59. The summed E-state index contributed by atoms with van der Waals surface area (Å²) in [5.41, 5.74) is 1.57. The van der Waals surface area contributed by atoms with E-state index in [1.165, 1.54) is 20.9 Å². The molecule has 2 heterocycles. The lowest BCUT2D eigenvalue weighted by Crippen LogP contribution is -2.40. The van der Waals surface area contributed by atoms with Crippen LogP contribution in [0.25, 0.3) is 11.2 Å². The van der Waals surface area contributed by atoms with Crippen LogP contribution in [-0.2, 0) is 29.7 Å². The maximum absolute atomic E-state index is 13.6. The summed E-state index contributed by atoms with van der Waals surface area (Å²) < 4.78 is 9.41. The van der Waals surface area contributed by atoms with Gasteiger partial charge in [-0.25, -0.2) is 9.78 Å². The van der Waals surface area contributed by atoms with Crippen molar-refractivity contribution in [1.29, 1.82) is 0 Å². The summed E-state index contributed by atoms with van der Waals surface area (Å²) in [4.78, 5) is 43.1. The minimum Gasteiger partial charge on any atom is -0.465 e. The van der Waals surface area contributed by atoms with Gasteiger partial charge in [0.05, 0.1) is 25.4 Å². The molecule has 0 saturated carbocycles. The van der Waals surface area contributed by atoms with Crippen molar-refractivity contribution in [3.8, 4) is 0 Å². The van der Waals surface area contributed by atoms with Crippen LogP contribution in [0.2, 0.25) is 0 Å². The van der Waals surface area contributed by atoms with Crippen LogP contribution in [0.3, 0.4) is 0 Å². The third-order valence-electron chi connectivity index (χ3n) is 5.19. The maximum Gasteiger partial charge on any atom is 0.332 e. The van der Waals surface area contributed by atoms with Gasteiger partial charge in [-0.2, -0.15) is 0 Å². The Morgan fingerprint density at radius 2 is 1.52 bits per heavy atom. The predicted octanol–water partition coefficient (Wildman–Crippen LogP) is 2.65. The lowest BCUT2D eigenvalue weighted by atomic mass is 10.2. The summed E-state index contributed by atoms with van der Waals surface area (Å²) >= 11 is 1.19. The monoisotopic (exact) mass is 464 g/mol. The Bertz CT molecular complexity index is 1390. The number of thioether (sulfide) groups is 1. The molecule has 0 bridgehead atoms. The highest BCUT2D eigenvalue weighted by atomic mass is 32.2. The molecule has 0 amide bonds. The molecule has 0 fully saturated rings. The molecule has 0 aliphatic rings. The number of carbonyl (C=O) groups is 1. The number of esters is 1. The summed E-state index contributed by atoms with van der Waals surface area (Å²) in [5, 5.41) is 0.478. The molecule has 4 rings (SSSR count). The molecule has 0 unspecified atom stereocenters. The van der Waals surface area contributed by atoms with Crippen molar-refractivity contribution >= 4 is 28.9 Å². The first-order valence-corrected chi connectivity index (χ1v) is 11.5. The van der Waals surface area contributed by atoms with Gasteiger partial charge in [-0.05, 0) is 18.1 Å². The Morgan fingerprint density at radius 1 is 0.939 bits per heavy atom. The number of aromatic nitrogens is 4. The van der Waals surface area contributed by atoms with E-state index >= 15 is 0 Å². The number of rotatable bonds is 8. The first-order chi connectivity index (χ1) is 16.0. The first-order valence-electron chi connectivity index (χ1n) is 10.6. The number of imidazole rings is 1. The zero-order chi connectivity index (χ0) is 23.4. The predicted molar refractivity (Wildman–Crippen MR) is 128 cm³/mol. The van der Waals surface area contributed by atoms with E-state index in [2.05, 4.69) is 4.98 Å². The highest BCUT2D eigenvalue weighted by molar-refractivity contribution is 7.99. The van der Waals surface area contributed by atoms with Crippen molar-refractivity contribution in [2.24, 2.45) is 7.05 Å². The van der Waals surface area contributed by atoms with Crippen LogP contribution in [-0.4, -0.2) is 37.0 Å². The van der Waals surface area contributed by atoms with Crippen LogP contribution in [0.15, 0.2) is 75.4 Å². The van der Waals surface area contributed by atoms with Crippen molar-refractivity contribution in [1.82, 2.24) is 18.7 Å². The summed E-state index contributed by atoms with van der Waals surface area (Å²) in [7, 11) is 1.60. The smallest absolute Gasteiger partial charge is 0.332 e. The van der Waals surface area contributed by atoms with E-state index in [0.717, 1.165) is 11.1 Å². The zero-order valence-electron chi connectivity index (χ0n) is 18.4. The zero-order valence-corrected chi connectivity index (χ0v) is 19.2. The van der Waals surface area contributed by atoms with Crippen molar-refractivity contribution in [2.75, 3.05) is 12.4 Å². The van der Waals surface area contributed by atoms with Crippen LogP contribution in [0.4, 0.5) is 0 Å². The number of carbonyl (C=O) groups excluding carboxylic acids is 1. The molecular formula is C24H24N4O4S. The fraction of sp³-hybridized carbons (Fsp3) is 0.250. The largest absolute Gasteiger partial charge is 0.465 e. The molecule has 0 spiro atoms. The van der Waals surface area contributed by atoms with Crippen molar-refractivity contribution in [3.63, 3.8) is 0 Å². The van der Waals surface area contributed by atoms with E-state index in [1.807, 2.05) is 60.7 Å². The number of nitrogens with zero attached hydrogens (tertiary/aromatic N) is 4. The maximum atomic E-state index is 13.6. The van der Waals surface area contributed by atoms with Crippen LogP contribution < -0.4 is 11.2 Å². The number of hydrogen-bond acceptors (Lipinski definition) is 6. The molecule has 0 N–H and O–H groups in total. The second kappa shape index (κ2) is 9.91. The Morgan fingerprint density at radius 3 is 2.09 bits per heavy atom. The summed E-state index contributed by atoms with van der Waals surface area (Å²) in [5.74, 6) is -0.311. The molecule has 4 aromatic rings. The molecule has 0 saturated heterocycles. The fourth-order valence-electron chi connectivity index (χ4n) is 3.61. The Kier molecular flexibility index (Phi) is 6.79. The molecule has 170 valence electrons. The molecule has 2 aromatic carbocycles. The molecule has 9 heteroatoms. The SMILES string of the molecule is CCOC(=O)CSc1nc2c(c(=O)n(Cc3ccccc3)c(=O)n2C)n1Cc1ccccc1. The van der Waals surface area contributed by atoms with E-state index in [1.54, 1.807) is 18.5 Å². The van der Waals surface area contributed by atoms with Gasteiger partial charge in [0.2, 0.25) is 0 Å². The number of ether oxygens (including phenoxy) is 1. The third-order valence-corrected chi connectivity index (χ3v) is 6.14. The van der Waals surface area contributed by atoms with E-state index < -0.39 is 11.2 Å².